The number of halogens is 1. The Morgan fingerprint density at radius 1 is 1.11 bits per heavy atom. The first-order valence-electron chi connectivity index (χ1n) is 8.48. The first-order chi connectivity index (χ1) is 12.3. The Hall–Kier alpha value is -1.45. The zero-order valence-electron chi connectivity index (χ0n) is 15.3. The van der Waals surface area contributed by atoms with Crippen molar-refractivity contribution in [3.8, 4) is 0 Å². The molecule has 1 aromatic heterocycles. The highest BCUT2D eigenvalue weighted by molar-refractivity contribution is 7.89. The molecule has 1 aromatic carbocycles. The number of nitrogens with zero attached hydrogens (tertiary/aromatic N) is 2. The predicted molar refractivity (Wildman–Crippen MR) is 110 cm³/mol. The molecule has 0 saturated carbocycles. The molecule has 3 rings (SSSR count). The third-order valence-electron chi connectivity index (χ3n) is 4.58. The van der Waals surface area contributed by atoms with Crippen LogP contribution in [0.15, 0.2) is 35.2 Å². The van der Waals surface area contributed by atoms with E-state index in [1.807, 2.05) is 26.0 Å². The van der Waals surface area contributed by atoms with Crippen LogP contribution in [-0.2, 0) is 16.6 Å². The molecule has 27 heavy (non-hydrogen) atoms. The highest BCUT2D eigenvalue weighted by Gasteiger charge is 2.32. The monoisotopic (exact) mass is 429 g/mol. The molecule has 1 amide bonds. The minimum atomic E-state index is -3.50. The number of thiophene rings is 1. The third-order valence-corrected chi connectivity index (χ3v) is 7.70. The van der Waals surface area contributed by atoms with Crippen molar-refractivity contribution in [1.29, 1.82) is 0 Å². The molecule has 2 heterocycles. The molecule has 1 aliphatic heterocycles. The molecule has 0 radical (unpaired) electrons. The second-order valence-corrected chi connectivity index (χ2v) is 9.74. The maximum Gasteiger partial charge on any atom is 0.253 e. The van der Waals surface area contributed by atoms with E-state index in [4.69, 9.17) is 5.73 Å². The van der Waals surface area contributed by atoms with Gasteiger partial charge in [-0.25, -0.2) is 8.42 Å². The molecule has 0 aliphatic carbocycles. The van der Waals surface area contributed by atoms with Gasteiger partial charge >= 0.3 is 0 Å². The highest BCUT2D eigenvalue weighted by atomic mass is 35.5. The summed E-state index contributed by atoms with van der Waals surface area (Å²) in [5.74, 6) is -0.0758. The molecule has 0 unspecified atom stereocenters. The summed E-state index contributed by atoms with van der Waals surface area (Å²) in [7, 11) is -3.50. The van der Waals surface area contributed by atoms with Crippen LogP contribution >= 0.6 is 23.7 Å². The van der Waals surface area contributed by atoms with Crippen LogP contribution in [0.4, 0.5) is 0 Å². The van der Waals surface area contributed by atoms with E-state index in [9.17, 15) is 13.2 Å². The van der Waals surface area contributed by atoms with Crippen LogP contribution in [0.3, 0.4) is 0 Å². The number of hydrogen-bond donors (Lipinski definition) is 1. The zero-order chi connectivity index (χ0) is 18.9. The second kappa shape index (κ2) is 8.70. The highest BCUT2D eigenvalue weighted by Crippen LogP contribution is 2.28. The largest absolute Gasteiger partial charge is 0.336 e. The van der Waals surface area contributed by atoms with Gasteiger partial charge in [-0.3, -0.25) is 4.79 Å². The number of amides is 1. The summed E-state index contributed by atoms with van der Waals surface area (Å²) in [6.07, 6.45) is 0. The summed E-state index contributed by atoms with van der Waals surface area (Å²) in [5, 5.41) is 0. The number of aryl methyl sites for hydroxylation is 2. The van der Waals surface area contributed by atoms with Crippen molar-refractivity contribution in [2.75, 3.05) is 26.2 Å². The van der Waals surface area contributed by atoms with Gasteiger partial charge in [-0.15, -0.1) is 23.7 Å². The van der Waals surface area contributed by atoms with Crippen LogP contribution in [-0.4, -0.2) is 49.7 Å². The molecule has 1 fully saturated rings. The Morgan fingerprint density at radius 3 is 2.19 bits per heavy atom. The van der Waals surface area contributed by atoms with Gasteiger partial charge < -0.3 is 10.6 Å². The van der Waals surface area contributed by atoms with Crippen molar-refractivity contribution in [3.05, 3.63) is 51.2 Å². The van der Waals surface area contributed by atoms with Crippen LogP contribution in [0.2, 0.25) is 0 Å². The first kappa shape index (κ1) is 21.8. The van der Waals surface area contributed by atoms with E-state index in [2.05, 4.69) is 0 Å². The lowest BCUT2D eigenvalue weighted by atomic mass is 10.1. The quantitative estimate of drug-likeness (QED) is 0.808. The van der Waals surface area contributed by atoms with Gasteiger partial charge in [0.1, 0.15) is 0 Å². The van der Waals surface area contributed by atoms with Crippen molar-refractivity contribution in [2.24, 2.45) is 5.73 Å². The lowest BCUT2D eigenvalue weighted by molar-refractivity contribution is 0.0698. The molecule has 0 spiro atoms. The van der Waals surface area contributed by atoms with E-state index >= 15 is 0 Å². The van der Waals surface area contributed by atoms with Crippen LogP contribution in [0.5, 0.6) is 0 Å². The number of benzene rings is 1. The van der Waals surface area contributed by atoms with Crippen LogP contribution in [0.1, 0.15) is 25.7 Å². The van der Waals surface area contributed by atoms with Gasteiger partial charge in [0.25, 0.3) is 5.91 Å². The topological polar surface area (TPSA) is 83.7 Å². The Kier molecular flexibility index (Phi) is 7.04. The summed E-state index contributed by atoms with van der Waals surface area (Å²) in [5.41, 5.74) is 7.15. The van der Waals surface area contributed by atoms with Crippen LogP contribution < -0.4 is 5.73 Å². The predicted octanol–water partition coefficient (Wildman–Crippen LogP) is 2.39. The van der Waals surface area contributed by atoms with Crippen molar-refractivity contribution in [3.63, 3.8) is 0 Å². The van der Waals surface area contributed by atoms with E-state index in [-0.39, 0.29) is 18.3 Å². The van der Waals surface area contributed by atoms with Crippen LogP contribution in [0.25, 0.3) is 0 Å². The van der Waals surface area contributed by atoms with Crippen molar-refractivity contribution >= 4 is 39.7 Å². The van der Waals surface area contributed by atoms with Crippen molar-refractivity contribution in [1.82, 2.24) is 9.21 Å². The summed E-state index contributed by atoms with van der Waals surface area (Å²) < 4.78 is 27.2. The fraction of sp³-hybridized carbons (Fsp3) is 0.389. The van der Waals surface area contributed by atoms with E-state index in [0.717, 1.165) is 15.3 Å². The Labute approximate surface area is 170 Å². The maximum atomic E-state index is 12.9. The summed E-state index contributed by atoms with van der Waals surface area (Å²) in [4.78, 5) is 16.5. The minimum Gasteiger partial charge on any atom is -0.336 e. The minimum absolute atomic E-state index is 0. The number of hydrogen-bond acceptors (Lipinski definition) is 5. The van der Waals surface area contributed by atoms with E-state index in [1.54, 1.807) is 23.1 Å². The SMILES string of the molecule is Cc1cc(S(=O)(=O)N2CCN(C(=O)c3ccc(CN)cc3)CC2)c(C)s1.Cl. The molecule has 9 heteroatoms. The van der Waals surface area contributed by atoms with Gasteiger partial charge in [-0.1, -0.05) is 12.1 Å². The Morgan fingerprint density at radius 2 is 1.70 bits per heavy atom. The Bertz CT molecular complexity index is 902. The molecule has 2 aromatic rings. The lowest BCUT2D eigenvalue weighted by Gasteiger charge is -2.34. The fourth-order valence-electron chi connectivity index (χ4n) is 3.10. The van der Waals surface area contributed by atoms with Crippen molar-refractivity contribution in [2.45, 2.75) is 25.3 Å². The molecule has 0 bridgehead atoms. The number of piperazine rings is 1. The zero-order valence-corrected chi connectivity index (χ0v) is 17.8. The van der Waals surface area contributed by atoms with Gasteiger partial charge in [0.15, 0.2) is 0 Å². The molecule has 0 atom stereocenters. The third kappa shape index (κ3) is 4.52. The number of carbonyl (C=O) groups is 1. The first-order valence-corrected chi connectivity index (χ1v) is 10.7. The molecular weight excluding hydrogens is 406 g/mol. The maximum absolute atomic E-state index is 12.9. The molecule has 1 saturated heterocycles. The lowest BCUT2D eigenvalue weighted by Crippen LogP contribution is -2.50. The van der Waals surface area contributed by atoms with Gasteiger partial charge in [0.05, 0.1) is 4.90 Å². The van der Waals surface area contributed by atoms with Gasteiger partial charge in [-0.2, -0.15) is 4.31 Å². The van der Waals surface area contributed by atoms with E-state index in [1.165, 1.54) is 15.6 Å². The summed E-state index contributed by atoms with van der Waals surface area (Å²) in [6, 6.07) is 8.95. The standard InChI is InChI=1S/C18H23N3O3S2.ClH/c1-13-11-17(14(2)25-13)26(23,24)21-9-7-20(8-10-21)18(22)16-5-3-15(12-19)4-6-16;/h3-6,11H,7-10,12,19H2,1-2H3;1H. The van der Waals surface area contributed by atoms with Gasteiger partial charge in [0.2, 0.25) is 10.0 Å². The van der Waals surface area contributed by atoms with E-state index in [0.29, 0.717) is 43.2 Å². The molecule has 1 aliphatic rings. The second-order valence-electron chi connectivity index (χ2n) is 6.37. The Balaban J connectivity index is 0.00000261. The number of nitrogens with two attached hydrogens (primary N) is 1. The molecular formula is C18H24ClN3O3S2. The van der Waals surface area contributed by atoms with Crippen molar-refractivity contribution < 1.29 is 13.2 Å². The fourth-order valence-corrected chi connectivity index (χ4v) is 6.05. The smallest absolute Gasteiger partial charge is 0.253 e. The molecule has 2 N–H and O–H groups in total. The number of rotatable bonds is 4. The summed E-state index contributed by atoms with van der Waals surface area (Å²) >= 11 is 1.49. The average molecular weight is 430 g/mol. The molecule has 6 nitrogen and oxygen atoms in total. The van der Waals surface area contributed by atoms with Crippen LogP contribution in [0, 0.1) is 13.8 Å². The normalized spacial score (nSPS) is 15.4. The number of sulfonamides is 1. The number of carbonyl (C=O) groups excluding carboxylic acids is 1. The molecule has 148 valence electrons. The van der Waals surface area contributed by atoms with E-state index < -0.39 is 10.0 Å². The summed E-state index contributed by atoms with van der Waals surface area (Å²) in [6.45, 7) is 5.56. The van der Waals surface area contributed by atoms with Gasteiger partial charge in [-0.05, 0) is 37.6 Å². The van der Waals surface area contributed by atoms with Gasteiger partial charge in [0, 0.05) is 48.0 Å². The average Bonchev–Trinajstić information content (AvgIpc) is 3.00.